The van der Waals surface area contributed by atoms with E-state index in [-0.39, 0.29) is 12.5 Å². The molecule has 0 spiro atoms. The average Bonchev–Trinajstić information content (AvgIpc) is 2.79. The summed E-state index contributed by atoms with van der Waals surface area (Å²) >= 11 is 0. The van der Waals surface area contributed by atoms with Crippen LogP contribution in [-0.2, 0) is 4.79 Å². The third kappa shape index (κ3) is 4.35. The molecule has 152 valence electrons. The Hall–Kier alpha value is -4.00. The molecule has 0 radical (unpaired) electrons. The molecule has 7 heteroatoms. The van der Waals surface area contributed by atoms with Gasteiger partial charge in [-0.05, 0) is 60.7 Å². The van der Waals surface area contributed by atoms with Crippen molar-refractivity contribution in [1.82, 2.24) is 0 Å². The van der Waals surface area contributed by atoms with E-state index in [1.54, 1.807) is 73.8 Å². The Labute approximate surface area is 173 Å². The van der Waals surface area contributed by atoms with Gasteiger partial charge in [0.05, 0.1) is 7.11 Å². The highest BCUT2D eigenvalue weighted by Crippen LogP contribution is 2.31. The summed E-state index contributed by atoms with van der Waals surface area (Å²) in [5.74, 6) is 1.25. The Balaban J connectivity index is 1.35. The number of anilines is 1. The van der Waals surface area contributed by atoms with Gasteiger partial charge in [0.15, 0.2) is 11.5 Å². The van der Waals surface area contributed by atoms with E-state index in [1.165, 1.54) is 0 Å². The lowest BCUT2D eigenvalue weighted by Gasteiger charge is -2.24. The van der Waals surface area contributed by atoms with Crippen molar-refractivity contribution < 1.29 is 28.5 Å². The molecule has 1 N–H and O–H groups in total. The van der Waals surface area contributed by atoms with Crippen LogP contribution in [0.5, 0.6) is 23.0 Å². The third-order valence-electron chi connectivity index (χ3n) is 4.45. The first-order valence-electron chi connectivity index (χ1n) is 9.28. The number of carbonyl (C=O) groups excluding carboxylic acids is 2. The molecule has 1 atom stereocenters. The van der Waals surface area contributed by atoms with E-state index in [0.717, 1.165) is 0 Å². The second-order valence-electron chi connectivity index (χ2n) is 6.49. The third-order valence-corrected chi connectivity index (χ3v) is 4.45. The lowest BCUT2D eigenvalue weighted by Crippen LogP contribution is -2.39. The Bertz CT molecular complexity index is 1050. The molecule has 30 heavy (non-hydrogen) atoms. The molecule has 3 aromatic carbocycles. The second-order valence-corrected chi connectivity index (χ2v) is 6.49. The van der Waals surface area contributed by atoms with Gasteiger partial charge in [-0.2, -0.15) is 0 Å². The highest BCUT2D eigenvalue weighted by Gasteiger charge is 2.29. The van der Waals surface area contributed by atoms with Gasteiger partial charge in [0, 0.05) is 11.3 Å². The molecule has 0 aromatic heterocycles. The number of rotatable bonds is 5. The van der Waals surface area contributed by atoms with Crippen molar-refractivity contribution in [2.45, 2.75) is 6.10 Å². The van der Waals surface area contributed by atoms with Crippen LogP contribution in [0.25, 0.3) is 0 Å². The van der Waals surface area contributed by atoms with Crippen molar-refractivity contribution in [3.05, 3.63) is 78.4 Å². The lowest BCUT2D eigenvalue weighted by atomic mass is 10.2. The number of ether oxygens (including phenoxy) is 4. The van der Waals surface area contributed by atoms with Crippen molar-refractivity contribution in [2.75, 3.05) is 19.0 Å². The number of hydrogen-bond acceptors (Lipinski definition) is 6. The predicted octanol–water partition coefficient (Wildman–Crippen LogP) is 3.69. The van der Waals surface area contributed by atoms with Crippen LogP contribution < -0.4 is 24.3 Å². The Kier molecular flexibility index (Phi) is 5.52. The summed E-state index contributed by atoms with van der Waals surface area (Å²) < 4.78 is 21.6. The monoisotopic (exact) mass is 405 g/mol. The fourth-order valence-corrected chi connectivity index (χ4v) is 2.87. The van der Waals surface area contributed by atoms with Crippen LogP contribution in [0.2, 0.25) is 0 Å². The quantitative estimate of drug-likeness (QED) is 0.515. The first-order chi connectivity index (χ1) is 14.6. The average molecular weight is 405 g/mol. The highest BCUT2D eigenvalue weighted by atomic mass is 16.6. The largest absolute Gasteiger partial charge is 0.497 e. The topological polar surface area (TPSA) is 83.1 Å². The fraction of sp³-hybridized carbons (Fsp3) is 0.130. The zero-order valence-electron chi connectivity index (χ0n) is 16.2. The molecular weight excluding hydrogens is 386 g/mol. The van der Waals surface area contributed by atoms with Crippen molar-refractivity contribution in [2.24, 2.45) is 0 Å². The maximum absolute atomic E-state index is 12.4. The SMILES string of the molecule is COc1ccc(NC(=O)c2ccc(OC(=O)C3COc4ccccc4O3)cc2)cc1. The molecule has 1 amide bonds. The van der Waals surface area contributed by atoms with Gasteiger partial charge in [-0.3, -0.25) is 4.79 Å². The molecule has 0 aliphatic carbocycles. The van der Waals surface area contributed by atoms with E-state index in [1.807, 2.05) is 6.07 Å². The molecule has 3 aromatic rings. The van der Waals surface area contributed by atoms with Gasteiger partial charge < -0.3 is 24.3 Å². The molecule has 0 fully saturated rings. The van der Waals surface area contributed by atoms with Crippen LogP contribution >= 0.6 is 0 Å². The first-order valence-corrected chi connectivity index (χ1v) is 9.28. The molecule has 1 unspecified atom stereocenters. The second kappa shape index (κ2) is 8.57. The van der Waals surface area contributed by atoms with E-state index < -0.39 is 12.1 Å². The molecular formula is C23H19NO6. The van der Waals surface area contributed by atoms with Gasteiger partial charge in [0.25, 0.3) is 5.91 Å². The molecule has 1 aliphatic heterocycles. The minimum absolute atomic E-state index is 0.0677. The van der Waals surface area contributed by atoms with Gasteiger partial charge in [-0.15, -0.1) is 0 Å². The van der Waals surface area contributed by atoms with Crippen molar-refractivity contribution >= 4 is 17.6 Å². The van der Waals surface area contributed by atoms with Gasteiger partial charge in [0.2, 0.25) is 6.10 Å². The number of benzene rings is 3. The maximum atomic E-state index is 12.4. The number of esters is 1. The first kappa shape index (κ1) is 19.3. The number of amides is 1. The molecule has 0 saturated carbocycles. The summed E-state index contributed by atoms with van der Waals surface area (Å²) in [6.07, 6.45) is -0.863. The van der Waals surface area contributed by atoms with Crippen molar-refractivity contribution in [3.63, 3.8) is 0 Å². The zero-order chi connectivity index (χ0) is 20.9. The van der Waals surface area contributed by atoms with Gasteiger partial charge in [0.1, 0.15) is 18.1 Å². The van der Waals surface area contributed by atoms with Crippen LogP contribution in [0.3, 0.4) is 0 Å². The number of fused-ring (bicyclic) bond motifs is 1. The van der Waals surface area contributed by atoms with E-state index in [0.29, 0.717) is 34.2 Å². The van der Waals surface area contributed by atoms with Gasteiger partial charge in [-0.25, -0.2) is 4.79 Å². The number of para-hydroxylation sites is 2. The fourth-order valence-electron chi connectivity index (χ4n) is 2.87. The number of hydrogen-bond donors (Lipinski definition) is 1. The minimum atomic E-state index is -0.863. The van der Waals surface area contributed by atoms with Crippen LogP contribution in [0.1, 0.15) is 10.4 Å². The zero-order valence-corrected chi connectivity index (χ0v) is 16.2. The molecule has 1 aliphatic rings. The van der Waals surface area contributed by atoms with Crippen molar-refractivity contribution in [1.29, 1.82) is 0 Å². The number of methoxy groups -OCH3 is 1. The van der Waals surface area contributed by atoms with Crippen LogP contribution in [0, 0.1) is 0 Å². The Morgan fingerprint density at radius 2 is 1.57 bits per heavy atom. The summed E-state index contributed by atoms with van der Waals surface area (Å²) in [5, 5.41) is 2.79. The summed E-state index contributed by atoms with van der Waals surface area (Å²) in [7, 11) is 1.58. The molecule has 7 nitrogen and oxygen atoms in total. The van der Waals surface area contributed by atoms with E-state index in [2.05, 4.69) is 5.32 Å². The molecule has 0 bridgehead atoms. The maximum Gasteiger partial charge on any atom is 0.356 e. The molecule has 0 saturated heterocycles. The Morgan fingerprint density at radius 3 is 2.27 bits per heavy atom. The van der Waals surface area contributed by atoms with E-state index in [9.17, 15) is 9.59 Å². The van der Waals surface area contributed by atoms with Gasteiger partial charge in [-0.1, -0.05) is 12.1 Å². The smallest absolute Gasteiger partial charge is 0.356 e. The van der Waals surface area contributed by atoms with Gasteiger partial charge >= 0.3 is 5.97 Å². The van der Waals surface area contributed by atoms with E-state index in [4.69, 9.17) is 18.9 Å². The van der Waals surface area contributed by atoms with Crippen LogP contribution in [-0.4, -0.2) is 31.7 Å². The summed E-state index contributed by atoms with van der Waals surface area (Å²) in [4.78, 5) is 24.8. The predicted molar refractivity (Wildman–Crippen MR) is 109 cm³/mol. The number of nitrogens with one attached hydrogen (secondary N) is 1. The summed E-state index contributed by atoms with van der Waals surface area (Å²) in [5.41, 5.74) is 1.07. The standard InChI is InChI=1S/C23H19NO6/c1-27-17-12-8-16(9-13-17)24-22(25)15-6-10-18(11-7-15)29-23(26)21-14-28-19-4-2-3-5-20(19)30-21/h2-13,21H,14H2,1H3,(H,24,25). The Morgan fingerprint density at radius 1 is 0.900 bits per heavy atom. The van der Waals surface area contributed by atoms with Crippen molar-refractivity contribution in [3.8, 4) is 23.0 Å². The summed E-state index contributed by atoms with van der Waals surface area (Å²) in [6, 6.07) is 20.4. The molecule has 4 rings (SSSR count). The summed E-state index contributed by atoms with van der Waals surface area (Å²) in [6.45, 7) is 0.0677. The minimum Gasteiger partial charge on any atom is -0.497 e. The normalized spacial score (nSPS) is 14.5. The number of carbonyl (C=O) groups is 2. The highest BCUT2D eigenvalue weighted by molar-refractivity contribution is 6.04. The van der Waals surface area contributed by atoms with Crippen LogP contribution in [0.15, 0.2) is 72.8 Å². The van der Waals surface area contributed by atoms with Crippen LogP contribution in [0.4, 0.5) is 5.69 Å². The molecule has 1 heterocycles. The van der Waals surface area contributed by atoms with E-state index >= 15 is 0 Å². The lowest BCUT2D eigenvalue weighted by molar-refractivity contribution is -0.144.